The van der Waals surface area contributed by atoms with E-state index in [1.807, 2.05) is 13.8 Å². The van der Waals surface area contributed by atoms with Crippen molar-refractivity contribution in [1.82, 2.24) is 34.8 Å². The Morgan fingerprint density at radius 1 is 0.986 bits per heavy atom. The lowest BCUT2D eigenvalue weighted by Crippen LogP contribution is -2.49. The fourth-order valence-electron chi connectivity index (χ4n) is 7.63. The highest BCUT2D eigenvalue weighted by Crippen LogP contribution is 2.47. The molecule has 27 heteroatoms. The molecule has 1 aliphatic carbocycles. The second-order valence-corrected chi connectivity index (χ2v) is 20.6. The first-order valence-electron chi connectivity index (χ1n) is 21.8. The minimum Gasteiger partial charge on any atom is -0.481 e. The van der Waals surface area contributed by atoms with Crippen LogP contribution in [-0.2, 0) is 74.2 Å². The van der Waals surface area contributed by atoms with E-state index in [2.05, 4.69) is 32.3 Å². The number of carboxylic acids is 1. The van der Waals surface area contributed by atoms with Crippen LogP contribution in [0.3, 0.4) is 0 Å². The third kappa shape index (κ3) is 13.6. The Balaban J connectivity index is 0.000000802. The van der Waals surface area contributed by atoms with Gasteiger partial charge in [-0.3, -0.25) is 32.3 Å². The molecule has 2 aromatic carbocycles. The number of aliphatic carboxylic acids is 1. The van der Waals surface area contributed by atoms with Crippen molar-refractivity contribution in [3.05, 3.63) is 93.0 Å². The maximum atomic E-state index is 15.0. The molecule has 4 heterocycles. The number of hydrogen-bond donors (Lipinski definition) is 2. The maximum absolute atomic E-state index is 15.0. The summed E-state index contributed by atoms with van der Waals surface area (Å²) in [5.41, 5.74) is -4.32. The smallest absolute Gasteiger partial charge is 0.435 e. The van der Waals surface area contributed by atoms with Crippen LogP contribution in [0.15, 0.2) is 42.5 Å². The lowest BCUT2D eigenvalue weighted by Gasteiger charge is -2.32. The number of nitrogens with one attached hydrogen (secondary N) is 1. The zero-order valence-corrected chi connectivity index (χ0v) is 42.2. The number of carboxylic acid groups (broad SMARTS) is 1. The third-order valence-electron chi connectivity index (χ3n) is 11.3. The van der Waals surface area contributed by atoms with E-state index in [9.17, 15) is 57.9 Å². The Bertz CT molecular complexity index is 3000. The summed E-state index contributed by atoms with van der Waals surface area (Å²) in [6.45, 7) is 4.99. The first-order chi connectivity index (χ1) is 33.9. The van der Waals surface area contributed by atoms with Gasteiger partial charge in [0.15, 0.2) is 11.5 Å². The highest BCUT2D eigenvalue weighted by molar-refractivity contribution is 7.86. The van der Waals surface area contributed by atoms with Crippen LogP contribution >= 0.6 is 11.6 Å². The van der Waals surface area contributed by atoms with Crippen molar-refractivity contribution in [3.8, 4) is 23.0 Å². The van der Waals surface area contributed by atoms with Crippen LogP contribution in [0.5, 0.6) is 0 Å². The highest BCUT2D eigenvalue weighted by atomic mass is 35.5. The van der Waals surface area contributed by atoms with Gasteiger partial charge in [0.25, 0.3) is 5.92 Å². The summed E-state index contributed by atoms with van der Waals surface area (Å²) in [6, 6.07) is 6.05. The molecule has 3 unspecified atom stereocenters. The van der Waals surface area contributed by atoms with Gasteiger partial charge in [0, 0.05) is 72.6 Å². The number of anilines is 1. The number of carbonyl (C=O) groups is 3. The van der Waals surface area contributed by atoms with Gasteiger partial charge >= 0.3 is 18.3 Å². The van der Waals surface area contributed by atoms with Crippen molar-refractivity contribution in [2.24, 2.45) is 5.92 Å². The van der Waals surface area contributed by atoms with Gasteiger partial charge in [0.05, 0.1) is 33.6 Å². The number of aromatic nitrogens is 5. The van der Waals surface area contributed by atoms with Gasteiger partial charge in [-0.25, -0.2) is 18.0 Å². The Hall–Kier alpha value is -6.07. The average Bonchev–Trinajstić information content (AvgIpc) is 3.93. The lowest BCUT2D eigenvalue weighted by molar-refractivity contribution is -0.149. The predicted molar refractivity (Wildman–Crippen MR) is 252 cm³/mol. The number of likely N-dealkylation sites (tertiary alicyclic amines) is 1. The van der Waals surface area contributed by atoms with Crippen molar-refractivity contribution < 1.29 is 71.8 Å². The Morgan fingerprint density at radius 3 is 2.15 bits per heavy atom. The summed E-state index contributed by atoms with van der Waals surface area (Å²) in [7, 11) is -2.03. The zero-order valence-electron chi connectivity index (χ0n) is 39.8. The van der Waals surface area contributed by atoms with Gasteiger partial charge in [-0.15, -0.1) is 0 Å². The number of alkyl halides is 8. The number of benzene rings is 2. The number of fused-ring (bicyclic) bond motifs is 2. The molecule has 0 spiro atoms. The molecule has 0 radical (unpaired) electrons. The molecule has 3 atom stereocenters. The van der Waals surface area contributed by atoms with Crippen LogP contribution in [0.25, 0.3) is 22.0 Å². The van der Waals surface area contributed by atoms with Gasteiger partial charge < -0.3 is 15.3 Å². The average molecular weight is 1100 g/mol. The molecule has 1 aliphatic heterocycles. The van der Waals surface area contributed by atoms with Gasteiger partial charge in [0.1, 0.15) is 51.8 Å². The van der Waals surface area contributed by atoms with Crippen LogP contribution in [0.1, 0.15) is 74.1 Å². The van der Waals surface area contributed by atoms with E-state index in [1.165, 1.54) is 48.7 Å². The maximum Gasteiger partial charge on any atom is 0.435 e. The number of pyridine rings is 1. The topological polar surface area (TPSA) is 173 Å². The number of nitrogens with zero attached hydrogens (tertiary/aromatic N) is 7. The SMILES string of the molecule is CC.CN(c1nn(CC(F)(F)F)c2c(-c3ccc(C#CC(C)(C)S(C)=O)nc3C(Cc3cc(F)cc(F)c3)NC(=O)Cn3nc(C(F)(F)F)c4c3C(F)(F)CC4)ccc(Cl)c12)S(C)=O.O=CN1CC(C(=O)O)C1. The molecule has 0 bridgehead atoms. The third-order valence-corrected chi connectivity index (χ3v) is 14.1. The molecule has 73 heavy (non-hydrogen) atoms. The molecular formula is C46H47ClF10N8O6S2. The zero-order chi connectivity index (χ0) is 54.7. The van der Waals surface area contributed by atoms with Crippen LogP contribution in [0.2, 0.25) is 5.02 Å². The lowest BCUT2D eigenvalue weighted by atomic mass is 9.93. The monoisotopic (exact) mass is 1100 g/mol. The molecule has 2 aliphatic rings. The number of carbonyl (C=O) groups excluding carboxylic acids is 2. The normalized spacial score (nSPS) is 15.6. The van der Waals surface area contributed by atoms with Gasteiger partial charge in [-0.1, -0.05) is 37.4 Å². The van der Waals surface area contributed by atoms with Crippen LogP contribution in [0.4, 0.5) is 49.7 Å². The van der Waals surface area contributed by atoms with E-state index in [0.29, 0.717) is 30.2 Å². The largest absolute Gasteiger partial charge is 0.481 e. The summed E-state index contributed by atoms with van der Waals surface area (Å²) in [4.78, 5) is 40.0. The molecule has 3 aromatic heterocycles. The molecule has 396 valence electrons. The van der Waals surface area contributed by atoms with Crippen molar-refractivity contribution in [2.75, 3.05) is 37.0 Å². The second-order valence-electron chi connectivity index (χ2n) is 16.9. The summed E-state index contributed by atoms with van der Waals surface area (Å²) in [5.74, 6) is -2.89. The van der Waals surface area contributed by atoms with E-state index >= 15 is 8.78 Å². The number of hydrogen-bond acceptors (Lipinski definition) is 8. The number of amides is 2. The Morgan fingerprint density at radius 2 is 1.60 bits per heavy atom. The Labute approximate surface area is 421 Å². The Kier molecular flexibility index (Phi) is 17.9. The molecule has 1 fully saturated rings. The minimum atomic E-state index is -5.15. The molecule has 1 saturated heterocycles. The number of rotatable bonds is 13. The quantitative estimate of drug-likeness (QED) is 0.0668. The van der Waals surface area contributed by atoms with Crippen molar-refractivity contribution in [2.45, 2.75) is 89.1 Å². The minimum absolute atomic E-state index is 0.0567. The van der Waals surface area contributed by atoms with Crippen molar-refractivity contribution in [3.63, 3.8) is 0 Å². The fourth-order valence-corrected chi connectivity index (χ4v) is 8.43. The molecular weight excluding hydrogens is 1050 g/mol. The van der Waals surface area contributed by atoms with E-state index in [1.54, 1.807) is 13.8 Å². The molecule has 2 amide bonds. The van der Waals surface area contributed by atoms with Crippen molar-refractivity contribution >= 4 is 68.4 Å². The predicted octanol–water partition coefficient (Wildman–Crippen LogP) is 8.37. The molecule has 2 N–H and O–H groups in total. The molecule has 5 aromatic rings. The van der Waals surface area contributed by atoms with E-state index in [-0.39, 0.29) is 60.4 Å². The molecule has 14 nitrogen and oxygen atoms in total. The highest BCUT2D eigenvalue weighted by Gasteiger charge is 2.50. The summed E-state index contributed by atoms with van der Waals surface area (Å²) in [6.07, 6.45) is -8.92. The molecule has 7 rings (SSSR count). The second kappa shape index (κ2) is 22.6. The first-order valence-corrected chi connectivity index (χ1v) is 25.3. The summed E-state index contributed by atoms with van der Waals surface area (Å²) in [5, 5.41) is 18.1. The molecule has 0 saturated carbocycles. The fraction of sp³-hybridized carbons (Fsp3) is 0.435. The number of halogens is 11. The van der Waals surface area contributed by atoms with Gasteiger partial charge in [-0.05, 0) is 68.5 Å². The van der Waals surface area contributed by atoms with Crippen LogP contribution in [-0.4, -0.2) is 105 Å². The standard InChI is InChI=1S/C39H34ClF10N7O3S2.C5H7NO3.C2H6/c1-36(2,61(4)59)12-10-23-6-7-24(25-8-9-27(40)30-32(25)57(19-38(45,46)47)54-35(30)55(3)62(5)60)31(51-23)28(16-20-14-21(41)17-22(42)15-20)52-29(58)18-56-34-26(11-13-37(34,43)44)33(53-56)39(48,49)50;7-3-6-1-4(2-6)5(8)9;1-2/h6-9,14-15,17,28H,11,13,16,18-19H2,1-5H3,(H,52,58);3-4H,1-2H2,(H,8,9);1-2H3. The summed E-state index contributed by atoms with van der Waals surface area (Å²) >= 11 is 6.59. The van der Waals surface area contributed by atoms with Crippen LogP contribution < -0.4 is 9.62 Å². The van der Waals surface area contributed by atoms with Crippen LogP contribution in [0, 0.1) is 29.4 Å². The summed E-state index contributed by atoms with van der Waals surface area (Å²) < 4.78 is 169. The van der Waals surface area contributed by atoms with E-state index < -0.39 is 124 Å². The van der Waals surface area contributed by atoms with Gasteiger partial charge in [-0.2, -0.15) is 45.3 Å². The van der Waals surface area contributed by atoms with Gasteiger partial charge in [0.2, 0.25) is 12.3 Å². The first kappa shape index (κ1) is 57.8. The van der Waals surface area contributed by atoms with E-state index in [4.69, 9.17) is 16.7 Å². The van der Waals surface area contributed by atoms with E-state index in [0.717, 1.165) is 16.4 Å². The van der Waals surface area contributed by atoms with Crippen molar-refractivity contribution in [1.29, 1.82) is 0 Å².